The van der Waals surface area contributed by atoms with Gasteiger partial charge in [0.25, 0.3) is 0 Å². The number of aliphatic imine (C=N–C) groups is 2. The van der Waals surface area contributed by atoms with E-state index in [0.717, 1.165) is 41.2 Å². The maximum Gasteiger partial charge on any atom is 0.132 e. The lowest BCUT2D eigenvalue weighted by molar-refractivity contribution is 0.0165. The van der Waals surface area contributed by atoms with Crippen molar-refractivity contribution in [2.24, 2.45) is 27.4 Å². The Labute approximate surface area is 206 Å². The fourth-order valence-electron chi connectivity index (χ4n) is 3.67. The summed E-state index contributed by atoms with van der Waals surface area (Å²) < 4.78 is 5.34. The van der Waals surface area contributed by atoms with Gasteiger partial charge in [-0.2, -0.15) is 0 Å². The third kappa shape index (κ3) is 7.78. The SMILES string of the molecule is CC(C)C(C=N)=CC(N)=NC1=CC=C2NC=C(C(C=NCC(O)CN3CCOCC3)=CN)C=C2N1. The van der Waals surface area contributed by atoms with E-state index in [4.69, 9.17) is 21.6 Å². The Morgan fingerprint density at radius 1 is 1.29 bits per heavy atom. The lowest BCUT2D eigenvalue weighted by atomic mass is 10.0. The van der Waals surface area contributed by atoms with E-state index in [1.165, 1.54) is 12.4 Å². The quantitative estimate of drug-likeness (QED) is 0.200. The van der Waals surface area contributed by atoms with E-state index < -0.39 is 6.10 Å². The third-order valence-corrected chi connectivity index (χ3v) is 5.67. The number of dihydropyridines is 2. The summed E-state index contributed by atoms with van der Waals surface area (Å²) in [4.78, 5) is 11.0. The van der Waals surface area contributed by atoms with Crippen molar-refractivity contribution in [2.45, 2.75) is 20.0 Å². The molecule has 1 unspecified atom stereocenters. The van der Waals surface area contributed by atoms with Gasteiger partial charge in [-0.25, -0.2) is 4.99 Å². The van der Waals surface area contributed by atoms with Gasteiger partial charge in [0.05, 0.1) is 37.3 Å². The van der Waals surface area contributed by atoms with E-state index in [0.29, 0.717) is 31.4 Å². The maximum atomic E-state index is 10.3. The summed E-state index contributed by atoms with van der Waals surface area (Å²) in [5.41, 5.74) is 16.0. The van der Waals surface area contributed by atoms with E-state index in [9.17, 15) is 5.11 Å². The predicted octanol–water partition coefficient (Wildman–Crippen LogP) is 0.882. The average Bonchev–Trinajstić information content (AvgIpc) is 2.85. The van der Waals surface area contributed by atoms with Crippen LogP contribution in [0.2, 0.25) is 0 Å². The first-order valence-corrected chi connectivity index (χ1v) is 11.7. The molecule has 8 N–H and O–H groups in total. The monoisotopic (exact) mass is 480 g/mol. The molecule has 1 fully saturated rings. The second-order valence-electron chi connectivity index (χ2n) is 8.72. The average molecular weight is 481 g/mol. The summed E-state index contributed by atoms with van der Waals surface area (Å²) >= 11 is 0. The molecule has 0 radical (unpaired) electrons. The Balaban J connectivity index is 1.62. The van der Waals surface area contributed by atoms with Gasteiger partial charge in [-0.05, 0) is 35.8 Å². The number of morpholine rings is 1. The highest BCUT2D eigenvalue weighted by molar-refractivity contribution is 5.97. The third-order valence-electron chi connectivity index (χ3n) is 5.67. The molecule has 1 saturated heterocycles. The van der Waals surface area contributed by atoms with E-state index >= 15 is 0 Å². The number of hydrogen-bond donors (Lipinski definition) is 6. The van der Waals surface area contributed by atoms with Crippen molar-refractivity contribution in [1.29, 1.82) is 5.41 Å². The standard InChI is InChI=1S/C25H36N8O2/c1-17(2)18(11-26)10-24(28)32-25-4-3-22-23(31-25)9-19(14-30-22)20(12-27)13-29-15-21(34)16-33-5-7-35-8-6-33/h3-4,9-14,17,21,26,30-31,34H,5-8,15-16,27H2,1-2H3,(H2,28,32). The Hall–Kier alpha value is -3.47. The number of hydrogen-bond acceptors (Lipinski definition) is 9. The van der Waals surface area contributed by atoms with Gasteiger partial charge in [-0.1, -0.05) is 13.8 Å². The van der Waals surface area contributed by atoms with Crippen LogP contribution in [-0.4, -0.2) is 73.8 Å². The number of allylic oxidation sites excluding steroid dienone is 6. The first kappa shape index (κ1) is 26.1. The van der Waals surface area contributed by atoms with Crippen molar-refractivity contribution >= 4 is 18.3 Å². The zero-order valence-electron chi connectivity index (χ0n) is 20.4. The molecule has 0 bridgehead atoms. The summed E-state index contributed by atoms with van der Waals surface area (Å²) in [7, 11) is 0. The first-order chi connectivity index (χ1) is 16.9. The summed E-state index contributed by atoms with van der Waals surface area (Å²) in [6, 6.07) is 0. The van der Waals surface area contributed by atoms with Crippen LogP contribution >= 0.6 is 0 Å². The molecular weight excluding hydrogens is 444 g/mol. The highest BCUT2D eigenvalue weighted by atomic mass is 16.5. The normalized spacial score (nSPS) is 20.9. The minimum atomic E-state index is -0.552. The van der Waals surface area contributed by atoms with Gasteiger partial charge in [-0.15, -0.1) is 0 Å². The van der Waals surface area contributed by atoms with Crippen molar-refractivity contribution in [1.82, 2.24) is 15.5 Å². The van der Waals surface area contributed by atoms with Gasteiger partial charge in [-0.3, -0.25) is 9.89 Å². The van der Waals surface area contributed by atoms with Crippen LogP contribution in [0.25, 0.3) is 0 Å². The van der Waals surface area contributed by atoms with E-state index in [1.54, 1.807) is 12.3 Å². The topological polar surface area (TPSA) is 157 Å². The summed E-state index contributed by atoms with van der Waals surface area (Å²) in [5, 5.41) is 24.3. The van der Waals surface area contributed by atoms with Crippen LogP contribution in [0, 0.1) is 11.3 Å². The van der Waals surface area contributed by atoms with Crippen molar-refractivity contribution in [3.05, 3.63) is 70.6 Å². The summed E-state index contributed by atoms with van der Waals surface area (Å²) in [6.45, 7) is 7.91. The van der Waals surface area contributed by atoms with Crippen molar-refractivity contribution < 1.29 is 9.84 Å². The molecule has 0 spiro atoms. The Kier molecular flexibility index (Phi) is 9.59. The van der Waals surface area contributed by atoms with Crippen LogP contribution in [0.4, 0.5) is 0 Å². The number of rotatable bonds is 10. The number of aliphatic hydroxyl groups excluding tert-OH is 1. The van der Waals surface area contributed by atoms with Crippen LogP contribution in [0.15, 0.2) is 80.6 Å². The molecule has 10 heteroatoms. The fraction of sp³-hybridized carbons (Fsp3) is 0.400. The number of amidine groups is 1. The molecule has 3 aliphatic heterocycles. The van der Waals surface area contributed by atoms with E-state index in [2.05, 4.69) is 25.5 Å². The van der Waals surface area contributed by atoms with Crippen LogP contribution in [0.5, 0.6) is 0 Å². The van der Waals surface area contributed by atoms with Gasteiger partial charge >= 0.3 is 0 Å². The highest BCUT2D eigenvalue weighted by Gasteiger charge is 2.17. The summed E-state index contributed by atoms with van der Waals surface area (Å²) in [5.74, 6) is 1.09. The number of nitrogens with one attached hydrogen (secondary N) is 3. The fourth-order valence-corrected chi connectivity index (χ4v) is 3.67. The number of nitrogens with zero attached hydrogens (tertiary/aromatic N) is 3. The van der Waals surface area contributed by atoms with Crippen LogP contribution in [0.3, 0.4) is 0 Å². The molecule has 0 saturated carbocycles. The number of fused-ring (bicyclic) bond motifs is 1. The Morgan fingerprint density at radius 2 is 2.06 bits per heavy atom. The molecule has 0 aromatic carbocycles. The minimum absolute atomic E-state index is 0.183. The van der Waals surface area contributed by atoms with Gasteiger partial charge in [0, 0.05) is 55.6 Å². The van der Waals surface area contributed by atoms with Gasteiger partial charge in [0.1, 0.15) is 11.7 Å². The highest BCUT2D eigenvalue weighted by Crippen LogP contribution is 2.22. The molecule has 0 aromatic heterocycles. The maximum absolute atomic E-state index is 10.3. The van der Waals surface area contributed by atoms with Gasteiger partial charge in [0.15, 0.2) is 0 Å². The molecule has 0 aliphatic carbocycles. The molecular formula is C25H36N8O2. The van der Waals surface area contributed by atoms with Crippen LogP contribution < -0.4 is 22.1 Å². The predicted molar refractivity (Wildman–Crippen MR) is 141 cm³/mol. The van der Waals surface area contributed by atoms with Crippen LogP contribution in [-0.2, 0) is 4.74 Å². The smallest absolute Gasteiger partial charge is 0.132 e. The molecule has 1 atom stereocenters. The molecule has 3 heterocycles. The summed E-state index contributed by atoms with van der Waals surface area (Å²) in [6.07, 6.45) is 13.1. The van der Waals surface area contributed by atoms with Crippen molar-refractivity contribution in [3.63, 3.8) is 0 Å². The second-order valence-corrected chi connectivity index (χ2v) is 8.72. The van der Waals surface area contributed by atoms with Crippen molar-refractivity contribution in [2.75, 3.05) is 39.4 Å². The number of β-amino-alcohol motifs (C(OH)–C–C–N with tert-alkyl or cyclic N) is 1. The zero-order valence-corrected chi connectivity index (χ0v) is 20.4. The molecule has 188 valence electrons. The number of nitrogens with two attached hydrogens (primary N) is 2. The molecule has 3 rings (SSSR count). The number of aliphatic hydroxyl groups is 1. The molecule has 0 amide bonds. The van der Waals surface area contributed by atoms with Gasteiger partial charge in [0.2, 0.25) is 0 Å². The number of ether oxygens (including phenoxy) is 1. The minimum Gasteiger partial charge on any atom is -0.404 e. The lowest BCUT2D eigenvalue weighted by Crippen LogP contribution is -2.41. The molecule has 3 aliphatic rings. The Morgan fingerprint density at radius 3 is 2.74 bits per heavy atom. The Bertz CT molecular complexity index is 1020. The first-order valence-electron chi connectivity index (χ1n) is 11.7. The molecule has 10 nitrogen and oxygen atoms in total. The lowest BCUT2D eigenvalue weighted by Gasteiger charge is -2.28. The largest absolute Gasteiger partial charge is 0.404 e. The second kappa shape index (κ2) is 12.8. The van der Waals surface area contributed by atoms with E-state index in [-0.39, 0.29) is 12.5 Å². The zero-order chi connectivity index (χ0) is 25.2. The van der Waals surface area contributed by atoms with Gasteiger partial charge < -0.3 is 37.4 Å². The molecule has 35 heavy (non-hydrogen) atoms. The van der Waals surface area contributed by atoms with Crippen LogP contribution in [0.1, 0.15) is 13.8 Å². The molecule has 0 aromatic rings. The van der Waals surface area contributed by atoms with Crippen molar-refractivity contribution in [3.8, 4) is 0 Å². The van der Waals surface area contributed by atoms with E-state index in [1.807, 2.05) is 38.3 Å².